The molecular weight excluding hydrogens is 507 g/mol. The Bertz CT molecular complexity index is 1060. The lowest BCUT2D eigenvalue weighted by molar-refractivity contribution is -0.199. The minimum Gasteiger partial charge on any atom is -0.444 e. The smallest absolute Gasteiger partial charge is 0.444 e. The van der Waals surface area contributed by atoms with Gasteiger partial charge in [-0.25, -0.2) is 4.79 Å². The molecule has 6 atom stereocenters. The maximum atomic E-state index is 13.1. The fourth-order valence-electron chi connectivity index (χ4n) is 7.39. The Labute approximate surface area is 240 Å². The van der Waals surface area contributed by atoms with Crippen molar-refractivity contribution in [3.8, 4) is 0 Å². The van der Waals surface area contributed by atoms with E-state index < -0.39 is 12.7 Å². The molecule has 3 saturated carbocycles. The highest BCUT2D eigenvalue weighted by molar-refractivity contribution is 6.48. The van der Waals surface area contributed by atoms with Gasteiger partial charge in [0.15, 0.2) is 0 Å². The van der Waals surface area contributed by atoms with Gasteiger partial charge in [-0.2, -0.15) is 0 Å². The number of nitrogens with zero attached hydrogens (tertiary/aromatic N) is 1. The van der Waals surface area contributed by atoms with Crippen molar-refractivity contribution in [3.05, 3.63) is 35.9 Å². The van der Waals surface area contributed by atoms with Gasteiger partial charge in [0.05, 0.1) is 36.9 Å². The molecule has 1 aromatic rings. The molecule has 1 aromatic carbocycles. The molecule has 220 valence electrons. The number of nitrogens with one attached hydrogen (secondary N) is 1. The van der Waals surface area contributed by atoms with Crippen molar-refractivity contribution in [2.75, 3.05) is 19.8 Å². The van der Waals surface area contributed by atoms with Crippen LogP contribution in [0.3, 0.4) is 0 Å². The van der Waals surface area contributed by atoms with E-state index in [0.29, 0.717) is 31.4 Å². The van der Waals surface area contributed by atoms with E-state index in [1.54, 1.807) is 4.90 Å². The zero-order valence-corrected chi connectivity index (χ0v) is 25.1. The van der Waals surface area contributed by atoms with Crippen molar-refractivity contribution in [2.45, 2.75) is 109 Å². The number of hydrogen-bond acceptors (Lipinski definition) is 6. The third-order valence-corrected chi connectivity index (χ3v) is 9.73. The summed E-state index contributed by atoms with van der Waals surface area (Å²) in [5.41, 5.74) is 0.534. The summed E-state index contributed by atoms with van der Waals surface area (Å²) < 4.78 is 24.7. The van der Waals surface area contributed by atoms with Crippen molar-refractivity contribution in [3.63, 3.8) is 0 Å². The number of rotatable bonds is 9. The fraction of sp³-hybridized carbons (Fsp3) is 0.742. The predicted octanol–water partition coefficient (Wildman–Crippen LogP) is 4.79. The number of carbonyl (C=O) groups excluding carboxylic acids is 2. The molecule has 3 aliphatic carbocycles. The number of carbonyl (C=O) groups is 2. The van der Waals surface area contributed by atoms with Crippen LogP contribution in [0.25, 0.3) is 0 Å². The van der Waals surface area contributed by atoms with Crippen LogP contribution in [0.5, 0.6) is 0 Å². The lowest BCUT2D eigenvalue weighted by Crippen LogP contribution is -2.65. The number of ether oxygens (including phenoxy) is 2. The molecule has 0 spiro atoms. The highest BCUT2D eigenvalue weighted by Crippen LogP contribution is 2.65. The second-order valence-corrected chi connectivity index (χ2v) is 14.0. The highest BCUT2D eigenvalue weighted by Gasteiger charge is 2.68. The Morgan fingerprint density at radius 1 is 1.18 bits per heavy atom. The van der Waals surface area contributed by atoms with E-state index in [1.807, 2.05) is 39.0 Å². The topological polar surface area (TPSA) is 86.3 Å². The van der Waals surface area contributed by atoms with Crippen LogP contribution in [-0.4, -0.2) is 73.1 Å². The summed E-state index contributed by atoms with van der Waals surface area (Å²) >= 11 is 0. The van der Waals surface area contributed by atoms with Crippen molar-refractivity contribution < 1.29 is 28.4 Å². The van der Waals surface area contributed by atoms with E-state index in [-0.39, 0.29) is 54.1 Å². The van der Waals surface area contributed by atoms with Crippen LogP contribution in [0, 0.1) is 17.3 Å². The van der Waals surface area contributed by atoms with Crippen LogP contribution < -0.4 is 5.32 Å². The molecule has 2 amide bonds. The number of likely N-dealkylation sites (tertiary alicyclic amines) is 1. The van der Waals surface area contributed by atoms with Crippen molar-refractivity contribution in [1.29, 1.82) is 0 Å². The summed E-state index contributed by atoms with van der Waals surface area (Å²) in [6, 6.07) is 10.1. The van der Waals surface area contributed by atoms with E-state index in [9.17, 15) is 9.59 Å². The summed E-state index contributed by atoms with van der Waals surface area (Å²) in [7, 11) is -0.490. The molecule has 40 heavy (non-hydrogen) atoms. The molecule has 1 unspecified atom stereocenters. The molecule has 0 radical (unpaired) electrons. The minimum absolute atomic E-state index is 0.0244. The SMILES string of the molecule is CC(C)(C)OC(=O)N1CCC[C@@H]1COCCC(=O)NC(Cc1ccccc1)B1O[C@@H]2C[C@@H]3C[C@@H](C3(C)C)[C@]2(C)O1. The first-order valence-corrected chi connectivity index (χ1v) is 15.1. The minimum atomic E-state index is -0.530. The average molecular weight is 555 g/mol. The first-order valence-electron chi connectivity index (χ1n) is 15.1. The molecule has 0 aromatic heterocycles. The van der Waals surface area contributed by atoms with Gasteiger partial charge in [-0.3, -0.25) is 4.79 Å². The predicted molar refractivity (Wildman–Crippen MR) is 154 cm³/mol. The van der Waals surface area contributed by atoms with Crippen LogP contribution in [0.1, 0.15) is 79.2 Å². The molecule has 9 heteroatoms. The molecule has 2 heterocycles. The third kappa shape index (κ3) is 6.07. The Morgan fingerprint density at radius 3 is 2.62 bits per heavy atom. The first-order chi connectivity index (χ1) is 18.9. The molecule has 5 aliphatic rings. The second kappa shape index (κ2) is 11.3. The number of amides is 2. The quantitative estimate of drug-likeness (QED) is 0.349. The van der Waals surface area contributed by atoms with Crippen LogP contribution in [0.15, 0.2) is 30.3 Å². The van der Waals surface area contributed by atoms with Gasteiger partial charge in [-0.1, -0.05) is 44.2 Å². The van der Waals surface area contributed by atoms with E-state index in [0.717, 1.165) is 24.8 Å². The Morgan fingerprint density at radius 2 is 1.93 bits per heavy atom. The largest absolute Gasteiger partial charge is 0.482 e. The van der Waals surface area contributed by atoms with Crippen LogP contribution in [0.4, 0.5) is 4.79 Å². The van der Waals surface area contributed by atoms with E-state index in [2.05, 4.69) is 38.2 Å². The monoisotopic (exact) mass is 554 g/mol. The van der Waals surface area contributed by atoms with Gasteiger partial charge >= 0.3 is 13.2 Å². The maximum absolute atomic E-state index is 13.1. The van der Waals surface area contributed by atoms with Gasteiger partial charge in [0.1, 0.15) is 5.60 Å². The highest BCUT2D eigenvalue weighted by atomic mass is 16.7. The molecule has 2 aliphatic heterocycles. The summed E-state index contributed by atoms with van der Waals surface area (Å²) in [6.07, 6.45) is 4.63. The average Bonchev–Trinajstić information content (AvgIpc) is 3.49. The van der Waals surface area contributed by atoms with Crippen LogP contribution in [-0.2, 0) is 30.0 Å². The summed E-state index contributed by atoms with van der Waals surface area (Å²) in [6.45, 7) is 13.9. The van der Waals surface area contributed by atoms with Gasteiger partial charge in [0, 0.05) is 13.0 Å². The molecule has 2 saturated heterocycles. The van der Waals surface area contributed by atoms with E-state index >= 15 is 0 Å². The van der Waals surface area contributed by atoms with Crippen LogP contribution in [0.2, 0.25) is 0 Å². The lowest BCUT2D eigenvalue weighted by Gasteiger charge is -2.64. The van der Waals surface area contributed by atoms with Gasteiger partial charge in [0.25, 0.3) is 0 Å². The molecule has 8 nitrogen and oxygen atoms in total. The summed E-state index contributed by atoms with van der Waals surface area (Å²) in [4.78, 5) is 27.4. The van der Waals surface area contributed by atoms with Gasteiger partial charge in [-0.05, 0) is 82.6 Å². The molecular formula is C31H47BN2O6. The lowest BCUT2D eigenvalue weighted by atomic mass is 9.43. The zero-order chi connectivity index (χ0) is 28.7. The molecule has 2 bridgehead atoms. The first kappa shape index (κ1) is 29.4. The van der Waals surface area contributed by atoms with Gasteiger partial charge in [-0.15, -0.1) is 0 Å². The molecule has 1 N–H and O–H groups in total. The third-order valence-electron chi connectivity index (χ3n) is 9.73. The maximum Gasteiger partial charge on any atom is 0.482 e. The summed E-state index contributed by atoms with van der Waals surface area (Å²) in [5.74, 6) is 0.748. The normalized spacial score (nSPS) is 31.4. The van der Waals surface area contributed by atoms with Crippen molar-refractivity contribution >= 4 is 19.1 Å². The second-order valence-electron chi connectivity index (χ2n) is 14.0. The van der Waals surface area contributed by atoms with Crippen molar-refractivity contribution in [1.82, 2.24) is 10.2 Å². The standard InChI is InChI=1S/C31H47BN2O6/c1-29(2,3)38-28(36)34-15-10-13-23(34)20-37-16-14-27(35)33-26(17-21-11-8-7-9-12-21)32-39-25-19-22-18-24(30(22,4)5)31(25,6)40-32/h7-9,11-12,22-26H,10,13-20H2,1-6H3,(H,33,35)/t22-,23+,24-,25+,26?,31-/m0/s1. The number of benzene rings is 1. The zero-order valence-electron chi connectivity index (χ0n) is 25.1. The Kier molecular flexibility index (Phi) is 8.30. The molecule has 5 fully saturated rings. The Hall–Kier alpha value is -2.10. The summed E-state index contributed by atoms with van der Waals surface area (Å²) in [5, 5.41) is 3.21. The fourth-order valence-corrected chi connectivity index (χ4v) is 7.39. The van der Waals surface area contributed by atoms with Gasteiger partial charge in [0.2, 0.25) is 5.91 Å². The van der Waals surface area contributed by atoms with Crippen LogP contribution >= 0.6 is 0 Å². The molecule has 6 rings (SSSR count). The number of hydrogen-bond donors (Lipinski definition) is 1. The van der Waals surface area contributed by atoms with E-state index in [4.69, 9.17) is 18.8 Å². The van der Waals surface area contributed by atoms with Crippen molar-refractivity contribution in [2.24, 2.45) is 17.3 Å². The van der Waals surface area contributed by atoms with E-state index in [1.165, 1.54) is 6.42 Å². The van der Waals surface area contributed by atoms with Gasteiger partial charge < -0.3 is 29.0 Å². The Balaban J connectivity index is 1.15.